The van der Waals surface area contributed by atoms with Crippen LogP contribution in [0.1, 0.15) is 30.5 Å². The lowest BCUT2D eigenvalue weighted by atomic mass is 9.92. The summed E-state index contributed by atoms with van der Waals surface area (Å²) in [5.41, 5.74) is 4.14. The van der Waals surface area contributed by atoms with Crippen LogP contribution in [0, 0.1) is 13.8 Å². The highest BCUT2D eigenvalue weighted by Gasteiger charge is 2.34. The fraction of sp³-hybridized carbons (Fsp3) is 0.409. The number of amides is 1. The maximum Gasteiger partial charge on any atom is 0.268 e. The van der Waals surface area contributed by atoms with E-state index >= 15 is 0 Å². The van der Waals surface area contributed by atoms with Gasteiger partial charge in [0.15, 0.2) is 0 Å². The minimum Gasteiger partial charge on any atom is -0.476 e. The van der Waals surface area contributed by atoms with E-state index in [0.717, 1.165) is 6.42 Å². The first-order chi connectivity index (χ1) is 12.7. The van der Waals surface area contributed by atoms with Crippen molar-refractivity contribution in [2.24, 2.45) is 0 Å². The molecule has 2 unspecified atom stereocenters. The molecule has 2 atom stereocenters. The summed E-state index contributed by atoms with van der Waals surface area (Å²) in [6, 6.07) is 13.8. The first-order valence-corrected chi connectivity index (χ1v) is 9.30. The number of carbonyl (C=O) groups is 1. The van der Waals surface area contributed by atoms with E-state index in [9.17, 15) is 9.90 Å². The van der Waals surface area contributed by atoms with Crippen LogP contribution < -0.4 is 15.4 Å². The van der Waals surface area contributed by atoms with Crippen molar-refractivity contribution < 1.29 is 14.6 Å². The summed E-state index contributed by atoms with van der Waals surface area (Å²) in [6.07, 6.45) is -1.05. The lowest BCUT2D eigenvalue weighted by Gasteiger charge is -2.32. The van der Waals surface area contributed by atoms with E-state index in [2.05, 4.69) is 56.5 Å². The fourth-order valence-corrected chi connectivity index (χ4v) is 3.55. The van der Waals surface area contributed by atoms with E-state index in [-0.39, 0.29) is 18.0 Å². The fourth-order valence-electron chi connectivity index (χ4n) is 3.55. The standard InChI is InChI=1S/C22H28N2O3/c1-14-9-15(2)11-16(10-14)12-22(3,4)23-13-18(25)20-21(26)24-17-7-5-6-8-19(17)27-20/h5-11,18,20,23,25H,12-13H2,1-4H3,(H,24,26). The summed E-state index contributed by atoms with van der Waals surface area (Å²) in [5.74, 6) is 0.255. The van der Waals surface area contributed by atoms with Crippen LogP contribution in [0.15, 0.2) is 42.5 Å². The number of aryl methyl sites for hydroxylation is 2. The van der Waals surface area contributed by atoms with Gasteiger partial charge in [-0.2, -0.15) is 0 Å². The third-order valence-corrected chi connectivity index (χ3v) is 4.72. The van der Waals surface area contributed by atoms with E-state index in [0.29, 0.717) is 11.4 Å². The van der Waals surface area contributed by atoms with Crippen LogP contribution in [0.5, 0.6) is 5.75 Å². The second-order valence-electron chi connectivity index (χ2n) is 8.03. The van der Waals surface area contributed by atoms with Crippen LogP contribution in [-0.2, 0) is 11.2 Å². The molecular weight excluding hydrogens is 340 g/mol. The van der Waals surface area contributed by atoms with Crippen molar-refractivity contribution in [3.05, 3.63) is 59.2 Å². The number of fused-ring (bicyclic) bond motifs is 1. The molecule has 0 saturated carbocycles. The summed E-state index contributed by atoms with van der Waals surface area (Å²) < 4.78 is 5.72. The maximum atomic E-state index is 12.3. The predicted molar refractivity (Wildman–Crippen MR) is 107 cm³/mol. The second-order valence-corrected chi connectivity index (χ2v) is 8.03. The van der Waals surface area contributed by atoms with Gasteiger partial charge in [-0.1, -0.05) is 41.5 Å². The van der Waals surface area contributed by atoms with Gasteiger partial charge in [0, 0.05) is 12.1 Å². The van der Waals surface area contributed by atoms with Gasteiger partial charge in [-0.3, -0.25) is 4.79 Å². The first kappa shape index (κ1) is 19.4. The molecule has 27 heavy (non-hydrogen) atoms. The smallest absolute Gasteiger partial charge is 0.268 e. The van der Waals surface area contributed by atoms with Crippen molar-refractivity contribution in [2.45, 2.75) is 51.9 Å². The molecule has 2 aromatic rings. The molecule has 1 aliphatic rings. The molecule has 1 amide bonds. The number of ether oxygens (including phenoxy) is 1. The molecule has 0 aliphatic carbocycles. The molecular formula is C22H28N2O3. The molecule has 5 nitrogen and oxygen atoms in total. The van der Waals surface area contributed by atoms with Gasteiger partial charge in [0.2, 0.25) is 6.10 Å². The number of β-amino-alcohol motifs (C(OH)–C–C–N with tert-alkyl or cyclic N) is 1. The van der Waals surface area contributed by atoms with Gasteiger partial charge in [0.05, 0.1) is 5.69 Å². The third-order valence-electron chi connectivity index (χ3n) is 4.72. The van der Waals surface area contributed by atoms with Gasteiger partial charge < -0.3 is 20.5 Å². The number of hydrogen-bond donors (Lipinski definition) is 3. The van der Waals surface area contributed by atoms with Crippen molar-refractivity contribution in [3.8, 4) is 5.75 Å². The highest BCUT2D eigenvalue weighted by atomic mass is 16.5. The zero-order chi connectivity index (χ0) is 19.6. The number of nitrogens with one attached hydrogen (secondary N) is 2. The minimum absolute atomic E-state index is 0.232. The highest BCUT2D eigenvalue weighted by Crippen LogP contribution is 2.29. The topological polar surface area (TPSA) is 70.6 Å². The Morgan fingerprint density at radius 2 is 1.85 bits per heavy atom. The van der Waals surface area contributed by atoms with Gasteiger partial charge in [-0.15, -0.1) is 0 Å². The summed E-state index contributed by atoms with van der Waals surface area (Å²) in [7, 11) is 0. The van der Waals surface area contributed by atoms with Crippen molar-refractivity contribution in [1.29, 1.82) is 0 Å². The molecule has 0 spiro atoms. The molecule has 0 fully saturated rings. The summed E-state index contributed by atoms with van der Waals surface area (Å²) in [4.78, 5) is 12.3. The highest BCUT2D eigenvalue weighted by molar-refractivity contribution is 5.98. The maximum absolute atomic E-state index is 12.3. The minimum atomic E-state index is -0.947. The normalized spacial score (nSPS) is 17.7. The number of hydrogen-bond acceptors (Lipinski definition) is 4. The van der Waals surface area contributed by atoms with Crippen molar-refractivity contribution in [2.75, 3.05) is 11.9 Å². The zero-order valence-corrected chi connectivity index (χ0v) is 16.4. The molecule has 1 aliphatic heterocycles. The Balaban J connectivity index is 1.61. The molecule has 2 aromatic carbocycles. The summed E-state index contributed by atoms with van der Waals surface area (Å²) >= 11 is 0. The van der Waals surface area contributed by atoms with Gasteiger partial charge in [-0.25, -0.2) is 0 Å². The molecule has 1 heterocycles. The van der Waals surface area contributed by atoms with E-state index in [4.69, 9.17) is 4.74 Å². The lowest BCUT2D eigenvalue weighted by molar-refractivity contribution is -0.128. The molecule has 0 aromatic heterocycles. The predicted octanol–water partition coefficient (Wildman–Crippen LogP) is 2.97. The van der Waals surface area contributed by atoms with Crippen LogP contribution in [0.25, 0.3) is 0 Å². The number of benzene rings is 2. The Kier molecular flexibility index (Phi) is 5.53. The van der Waals surface area contributed by atoms with E-state index in [1.807, 2.05) is 12.1 Å². The molecule has 3 rings (SSSR count). The molecule has 144 valence electrons. The van der Waals surface area contributed by atoms with Crippen LogP contribution >= 0.6 is 0 Å². The Morgan fingerprint density at radius 3 is 2.56 bits per heavy atom. The van der Waals surface area contributed by atoms with Crippen LogP contribution in [0.3, 0.4) is 0 Å². The molecule has 0 radical (unpaired) electrons. The average Bonchev–Trinajstić information content (AvgIpc) is 2.58. The molecule has 3 N–H and O–H groups in total. The number of aliphatic hydroxyl groups excluding tert-OH is 1. The molecule has 0 saturated heterocycles. The van der Waals surface area contributed by atoms with Gasteiger partial charge in [0.25, 0.3) is 5.91 Å². The van der Waals surface area contributed by atoms with Crippen LogP contribution in [0.2, 0.25) is 0 Å². The second kappa shape index (κ2) is 7.71. The Labute approximate surface area is 160 Å². The Morgan fingerprint density at radius 1 is 1.19 bits per heavy atom. The monoisotopic (exact) mass is 368 g/mol. The van der Waals surface area contributed by atoms with Crippen molar-refractivity contribution >= 4 is 11.6 Å². The number of aliphatic hydroxyl groups is 1. The number of para-hydroxylation sites is 2. The average molecular weight is 368 g/mol. The molecule has 5 heteroatoms. The third kappa shape index (κ3) is 4.87. The van der Waals surface area contributed by atoms with Crippen LogP contribution in [0.4, 0.5) is 5.69 Å². The van der Waals surface area contributed by atoms with Crippen LogP contribution in [-0.4, -0.2) is 35.3 Å². The summed E-state index contributed by atoms with van der Waals surface area (Å²) in [5, 5.41) is 16.7. The number of carbonyl (C=O) groups excluding carboxylic acids is 1. The summed E-state index contributed by atoms with van der Waals surface area (Å²) in [6.45, 7) is 8.64. The lowest BCUT2D eigenvalue weighted by Crippen LogP contribution is -2.53. The molecule has 0 bridgehead atoms. The number of anilines is 1. The van der Waals surface area contributed by atoms with Gasteiger partial charge in [0.1, 0.15) is 11.9 Å². The van der Waals surface area contributed by atoms with Gasteiger partial charge in [-0.05, 0) is 51.8 Å². The Hall–Kier alpha value is -2.37. The Bertz CT molecular complexity index is 812. The first-order valence-electron chi connectivity index (χ1n) is 9.30. The largest absolute Gasteiger partial charge is 0.476 e. The van der Waals surface area contributed by atoms with E-state index < -0.39 is 12.2 Å². The van der Waals surface area contributed by atoms with Gasteiger partial charge >= 0.3 is 0 Å². The van der Waals surface area contributed by atoms with Crippen molar-refractivity contribution in [1.82, 2.24) is 5.32 Å². The quantitative estimate of drug-likeness (QED) is 0.733. The van der Waals surface area contributed by atoms with E-state index in [1.165, 1.54) is 16.7 Å². The van der Waals surface area contributed by atoms with Crippen molar-refractivity contribution in [3.63, 3.8) is 0 Å². The zero-order valence-electron chi connectivity index (χ0n) is 16.4. The SMILES string of the molecule is Cc1cc(C)cc(CC(C)(C)NCC(O)C2Oc3ccccc3NC2=O)c1. The van der Waals surface area contributed by atoms with E-state index in [1.54, 1.807) is 12.1 Å². The number of rotatable bonds is 6.